The van der Waals surface area contributed by atoms with E-state index in [9.17, 15) is 35.9 Å². The maximum absolute atomic E-state index is 13.7. The van der Waals surface area contributed by atoms with Gasteiger partial charge in [-0.1, -0.05) is 0 Å². The van der Waals surface area contributed by atoms with E-state index < -0.39 is 61.3 Å². The maximum atomic E-state index is 13.7. The molecule has 0 spiro atoms. The molecule has 0 atom stereocenters. The van der Waals surface area contributed by atoms with Crippen LogP contribution in [0.25, 0.3) is 0 Å². The van der Waals surface area contributed by atoms with E-state index in [1.54, 1.807) is 0 Å². The maximum Gasteiger partial charge on any atom is 0.354 e. The van der Waals surface area contributed by atoms with Gasteiger partial charge in [0.05, 0.1) is 0 Å². The van der Waals surface area contributed by atoms with E-state index >= 15 is 0 Å². The SMILES string of the molecule is COP(=O)(OC)C(C(=O)Nc1c(F)c(F)c(F)c(F)c1F)P(=O)(OC)OC. The predicted molar refractivity (Wildman–Crippen MR) is 81.9 cm³/mol. The average Bonchev–Trinajstić information content (AvgIpc) is 2.67. The molecule has 0 heterocycles. The Morgan fingerprint density at radius 3 is 1.33 bits per heavy atom. The zero-order valence-electron chi connectivity index (χ0n) is 14.2. The summed E-state index contributed by atoms with van der Waals surface area (Å²) in [7, 11) is -6.11. The van der Waals surface area contributed by atoms with Crippen LogP contribution >= 0.6 is 15.2 Å². The van der Waals surface area contributed by atoms with Gasteiger partial charge in [0, 0.05) is 28.4 Å². The summed E-state index contributed by atoms with van der Waals surface area (Å²) in [5, 5.41) is -1.12. The van der Waals surface area contributed by atoms with Gasteiger partial charge in [0.2, 0.25) is 11.2 Å². The molecule has 0 saturated carbocycles. The summed E-state index contributed by atoms with van der Waals surface area (Å²) in [6.07, 6.45) is 0. The fraction of sp³-hybridized carbons (Fsp3) is 0.417. The summed E-state index contributed by atoms with van der Waals surface area (Å²) >= 11 is 0. The zero-order chi connectivity index (χ0) is 21.2. The van der Waals surface area contributed by atoms with Crippen LogP contribution in [0, 0.1) is 29.1 Å². The number of rotatable bonds is 8. The van der Waals surface area contributed by atoms with E-state index in [0.717, 1.165) is 28.4 Å². The topological polar surface area (TPSA) is 100 Å². The standard InChI is InChI=1S/C12H14F5NO7P2/c1-22-26(20,23-2)12(27(21,24-3)25-4)11(19)18-10-8(16)6(14)5(13)7(15)9(10)17/h12H,1-4H3,(H,18,19). The summed E-state index contributed by atoms with van der Waals surface area (Å²) < 4.78 is 110. The third-order valence-electron chi connectivity index (χ3n) is 3.31. The summed E-state index contributed by atoms with van der Waals surface area (Å²) in [5.74, 6) is -13.7. The molecule has 1 amide bonds. The van der Waals surface area contributed by atoms with E-state index in [0.29, 0.717) is 0 Å². The summed E-state index contributed by atoms with van der Waals surface area (Å²) in [6, 6.07) is 0. The zero-order valence-corrected chi connectivity index (χ0v) is 16.0. The molecule has 0 bridgehead atoms. The van der Waals surface area contributed by atoms with Crippen LogP contribution in [0.4, 0.5) is 27.6 Å². The molecule has 0 unspecified atom stereocenters. The summed E-state index contributed by atoms with van der Waals surface area (Å²) in [5.41, 5.74) is -1.76. The van der Waals surface area contributed by atoms with Gasteiger partial charge in [-0.3, -0.25) is 13.9 Å². The van der Waals surface area contributed by atoms with Crippen LogP contribution in [-0.2, 0) is 32.0 Å². The number of halogens is 5. The minimum Gasteiger partial charge on any atom is -0.320 e. The quantitative estimate of drug-likeness (QED) is 0.285. The van der Waals surface area contributed by atoms with Gasteiger partial charge in [-0.15, -0.1) is 0 Å². The molecule has 1 aromatic carbocycles. The fourth-order valence-corrected chi connectivity index (χ4v) is 6.23. The molecule has 0 aliphatic carbocycles. The first-order valence-electron chi connectivity index (χ1n) is 6.68. The Hall–Kier alpha value is -1.36. The summed E-state index contributed by atoms with van der Waals surface area (Å²) in [6.45, 7) is 0. The molecule has 0 fully saturated rings. The van der Waals surface area contributed by atoms with E-state index in [1.165, 1.54) is 5.32 Å². The van der Waals surface area contributed by atoms with Crippen LogP contribution in [0.5, 0.6) is 0 Å². The number of anilines is 1. The molecule has 0 aliphatic heterocycles. The first-order chi connectivity index (χ1) is 12.4. The molecule has 1 N–H and O–H groups in total. The van der Waals surface area contributed by atoms with Crippen molar-refractivity contribution in [1.82, 2.24) is 0 Å². The molecule has 0 radical (unpaired) electrons. The van der Waals surface area contributed by atoms with Crippen LogP contribution < -0.4 is 5.32 Å². The van der Waals surface area contributed by atoms with Gasteiger partial charge < -0.3 is 23.4 Å². The highest BCUT2D eigenvalue weighted by Crippen LogP contribution is 2.69. The van der Waals surface area contributed by atoms with Gasteiger partial charge >= 0.3 is 15.2 Å². The van der Waals surface area contributed by atoms with Crippen molar-refractivity contribution in [1.29, 1.82) is 0 Å². The minimum atomic E-state index is -4.63. The largest absolute Gasteiger partial charge is 0.354 e. The Balaban J connectivity index is 3.56. The van der Waals surface area contributed by atoms with Gasteiger partial charge in [0.25, 0.3) is 5.91 Å². The fourth-order valence-electron chi connectivity index (χ4n) is 1.91. The number of hydrogen-bond donors (Lipinski definition) is 1. The van der Waals surface area contributed by atoms with E-state index in [2.05, 4.69) is 18.1 Å². The van der Waals surface area contributed by atoms with Gasteiger partial charge in [-0.05, 0) is 0 Å². The van der Waals surface area contributed by atoms with Crippen LogP contribution in [0.15, 0.2) is 0 Å². The molecular formula is C12H14F5NO7P2. The van der Waals surface area contributed by atoms with E-state index in [4.69, 9.17) is 0 Å². The van der Waals surface area contributed by atoms with Gasteiger partial charge in [0.15, 0.2) is 23.3 Å². The van der Waals surface area contributed by atoms with Crippen LogP contribution in [0.3, 0.4) is 0 Å². The third kappa shape index (κ3) is 4.23. The number of hydrogen-bond acceptors (Lipinski definition) is 7. The highest BCUT2D eigenvalue weighted by molar-refractivity contribution is 7.74. The lowest BCUT2D eigenvalue weighted by atomic mass is 10.2. The van der Waals surface area contributed by atoms with Crippen molar-refractivity contribution >= 4 is 26.8 Å². The molecule has 0 aromatic heterocycles. The number of benzene rings is 1. The molecule has 27 heavy (non-hydrogen) atoms. The molecule has 154 valence electrons. The first kappa shape index (κ1) is 23.7. The van der Waals surface area contributed by atoms with Gasteiger partial charge in [-0.25, -0.2) is 22.0 Å². The van der Waals surface area contributed by atoms with Crippen molar-refractivity contribution in [3.8, 4) is 0 Å². The second-order valence-corrected chi connectivity index (χ2v) is 9.68. The van der Waals surface area contributed by atoms with Crippen LogP contribution in [0.2, 0.25) is 0 Å². The first-order valence-corrected chi connectivity index (χ1v) is 9.91. The molecular weight excluding hydrogens is 427 g/mol. The number of carbonyl (C=O) groups is 1. The van der Waals surface area contributed by atoms with Gasteiger partial charge in [0.1, 0.15) is 5.69 Å². The highest BCUT2D eigenvalue weighted by atomic mass is 31.2. The van der Waals surface area contributed by atoms with Gasteiger partial charge in [-0.2, -0.15) is 0 Å². The van der Waals surface area contributed by atoms with Crippen molar-refractivity contribution < 1.29 is 54.0 Å². The second kappa shape index (κ2) is 8.76. The second-order valence-electron chi connectivity index (χ2n) is 4.62. The molecule has 15 heteroatoms. The minimum absolute atomic E-state index is 0.790. The normalized spacial score (nSPS) is 12.5. The van der Waals surface area contributed by atoms with E-state index in [-0.39, 0.29) is 0 Å². The number of nitrogens with one attached hydrogen (secondary N) is 1. The number of amides is 1. The molecule has 0 saturated heterocycles. The molecule has 1 aromatic rings. The van der Waals surface area contributed by atoms with Crippen LogP contribution in [0.1, 0.15) is 0 Å². The Labute approximate surface area is 150 Å². The van der Waals surface area contributed by atoms with Crippen molar-refractivity contribution in [3.05, 3.63) is 29.1 Å². The lowest BCUT2D eigenvalue weighted by Gasteiger charge is -2.27. The highest BCUT2D eigenvalue weighted by Gasteiger charge is 2.55. The summed E-state index contributed by atoms with van der Waals surface area (Å²) in [4.78, 5) is 12.4. The van der Waals surface area contributed by atoms with Crippen LogP contribution in [-0.4, -0.2) is 39.7 Å². The van der Waals surface area contributed by atoms with Crippen molar-refractivity contribution in [3.63, 3.8) is 0 Å². The number of carbonyl (C=O) groups excluding carboxylic acids is 1. The monoisotopic (exact) mass is 441 g/mol. The third-order valence-corrected chi connectivity index (χ3v) is 8.71. The molecule has 8 nitrogen and oxygen atoms in total. The van der Waals surface area contributed by atoms with Crippen molar-refractivity contribution in [2.45, 2.75) is 5.40 Å². The Morgan fingerprint density at radius 1 is 0.741 bits per heavy atom. The van der Waals surface area contributed by atoms with Crippen molar-refractivity contribution in [2.24, 2.45) is 0 Å². The molecule has 0 aliphatic rings. The Kier molecular flexibility index (Phi) is 7.69. The van der Waals surface area contributed by atoms with E-state index in [1.807, 2.05) is 0 Å². The average molecular weight is 441 g/mol. The lowest BCUT2D eigenvalue weighted by Crippen LogP contribution is -2.31. The Bertz CT molecular complexity index is 766. The van der Waals surface area contributed by atoms with Crippen molar-refractivity contribution in [2.75, 3.05) is 33.8 Å². The smallest absolute Gasteiger partial charge is 0.320 e. The predicted octanol–water partition coefficient (Wildman–Crippen LogP) is 3.62. The lowest BCUT2D eigenvalue weighted by molar-refractivity contribution is -0.115. The molecule has 1 rings (SSSR count). The Morgan fingerprint density at radius 2 is 1.04 bits per heavy atom.